The Balaban J connectivity index is 2.23. The molecule has 0 saturated carbocycles. The Hall–Kier alpha value is -2.43. The molecule has 0 unspecified atom stereocenters. The smallest absolute Gasteiger partial charge is 0.221 e. The van der Waals surface area contributed by atoms with Gasteiger partial charge in [-0.2, -0.15) is 4.98 Å². The van der Waals surface area contributed by atoms with Gasteiger partial charge in [-0.25, -0.2) is 0 Å². The van der Waals surface area contributed by atoms with Crippen LogP contribution in [0.5, 0.6) is 11.6 Å². The van der Waals surface area contributed by atoms with Crippen LogP contribution in [0.15, 0.2) is 36.4 Å². The van der Waals surface area contributed by atoms with Crippen LogP contribution in [0.2, 0.25) is 0 Å². The Bertz CT molecular complexity index is 554. The molecule has 1 aromatic heterocycles. The summed E-state index contributed by atoms with van der Waals surface area (Å²) in [6, 6.07) is 11.1. The first-order chi connectivity index (χ1) is 8.56. The average Bonchev–Trinajstić information content (AvgIpc) is 2.34. The summed E-state index contributed by atoms with van der Waals surface area (Å²) in [5.74, 6) is 1.41. The fourth-order valence-corrected chi connectivity index (χ4v) is 1.47. The predicted octanol–water partition coefficient (Wildman–Crippen LogP) is 2.10. The van der Waals surface area contributed by atoms with E-state index in [1.165, 1.54) is 0 Å². The highest BCUT2D eigenvalue weighted by molar-refractivity contribution is 5.59. The number of anilines is 3. The molecule has 0 bridgehead atoms. The van der Waals surface area contributed by atoms with Crippen LogP contribution in [0.3, 0.4) is 0 Å². The topological polar surface area (TPSA) is 77.4 Å². The fourth-order valence-electron chi connectivity index (χ4n) is 1.47. The van der Waals surface area contributed by atoms with E-state index in [4.69, 9.17) is 16.2 Å². The van der Waals surface area contributed by atoms with Gasteiger partial charge < -0.3 is 21.1 Å². The lowest BCUT2D eigenvalue weighted by atomic mass is 10.3. The summed E-state index contributed by atoms with van der Waals surface area (Å²) in [4.78, 5) is 6.06. The number of rotatable bonds is 3. The molecule has 4 N–H and O–H groups in total. The lowest BCUT2D eigenvalue weighted by Crippen LogP contribution is -2.08. The van der Waals surface area contributed by atoms with Gasteiger partial charge in [0.25, 0.3) is 0 Å². The molecule has 18 heavy (non-hydrogen) atoms. The molecule has 0 amide bonds. The fraction of sp³-hybridized carbons (Fsp3) is 0.154. The van der Waals surface area contributed by atoms with E-state index < -0.39 is 0 Å². The molecule has 0 spiro atoms. The van der Waals surface area contributed by atoms with E-state index in [0.717, 1.165) is 5.69 Å². The van der Waals surface area contributed by atoms with Crippen LogP contribution < -0.4 is 21.1 Å². The normalized spacial score (nSPS) is 10.1. The van der Waals surface area contributed by atoms with E-state index >= 15 is 0 Å². The van der Waals surface area contributed by atoms with Gasteiger partial charge >= 0.3 is 0 Å². The zero-order chi connectivity index (χ0) is 13.1. The minimum absolute atomic E-state index is 0.274. The van der Waals surface area contributed by atoms with E-state index in [-0.39, 0.29) is 5.82 Å². The first kappa shape index (κ1) is 12.0. The molecule has 1 aromatic carbocycles. The molecule has 94 valence electrons. The third kappa shape index (κ3) is 2.63. The third-order valence-corrected chi connectivity index (χ3v) is 2.49. The summed E-state index contributed by atoms with van der Waals surface area (Å²) in [6.07, 6.45) is 0. The van der Waals surface area contributed by atoms with E-state index in [2.05, 4.69) is 4.98 Å². The van der Waals surface area contributed by atoms with Crippen LogP contribution in [-0.2, 0) is 0 Å². The van der Waals surface area contributed by atoms with Gasteiger partial charge in [0.1, 0.15) is 5.75 Å². The van der Waals surface area contributed by atoms with Crippen molar-refractivity contribution in [2.45, 2.75) is 0 Å². The van der Waals surface area contributed by atoms with Gasteiger partial charge in [-0.15, -0.1) is 0 Å². The Morgan fingerprint density at radius 2 is 1.89 bits per heavy atom. The van der Waals surface area contributed by atoms with Crippen LogP contribution in [0.4, 0.5) is 17.2 Å². The lowest BCUT2D eigenvalue weighted by molar-refractivity contribution is 0.464. The molecule has 0 aliphatic heterocycles. The number of pyridine rings is 1. The van der Waals surface area contributed by atoms with Gasteiger partial charge in [-0.1, -0.05) is 6.07 Å². The predicted molar refractivity (Wildman–Crippen MR) is 73.9 cm³/mol. The SMILES string of the molecule is CN(C)c1cccc(Oc2ccc(N)c(N)n2)c1. The first-order valence-corrected chi connectivity index (χ1v) is 5.53. The quantitative estimate of drug-likeness (QED) is 0.864. The average molecular weight is 244 g/mol. The van der Waals surface area contributed by atoms with Crippen LogP contribution in [0, 0.1) is 0 Å². The summed E-state index contributed by atoms with van der Waals surface area (Å²) in [5.41, 5.74) is 12.7. The minimum Gasteiger partial charge on any atom is -0.439 e. The van der Waals surface area contributed by atoms with Gasteiger partial charge in [-0.3, -0.25) is 0 Å². The summed E-state index contributed by atoms with van der Waals surface area (Å²) in [7, 11) is 3.94. The van der Waals surface area contributed by atoms with Crippen LogP contribution >= 0.6 is 0 Å². The molecular formula is C13H16N4O. The summed E-state index contributed by atoms with van der Waals surface area (Å²) in [5, 5.41) is 0. The minimum atomic E-state index is 0.274. The number of benzene rings is 1. The van der Waals surface area contributed by atoms with Crippen molar-refractivity contribution in [2.24, 2.45) is 0 Å². The number of nitrogen functional groups attached to an aromatic ring is 2. The molecular weight excluding hydrogens is 228 g/mol. The van der Waals surface area contributed by atoms with E-state index in [1.807, 2.05) is 43.3 Å². The first-order valence-electron chi connectivity index (χ1n) is 5.53. The summed E-state index contributed by atoms with van der Waals surface area (Å²) >= 11 is 0. The second-order valence-corrected chi connectivity index (χ2v) is 4.12. The number of nitrogens with zero attached hydrogens (tertiary/aromatic N) is 2. The second-order valence-electron chi connectivity index (χ2n) is 4.12. The highest BCUT2D eigenvalue weighted by atomic mass is 16.5. The molecule has 0 radical (unpaired) electrons. The van der Waals surface area contributed by atoms with Gasteiger partial charge in [0.05, 0.1) is 5.69 Å². The molecule has 2 rings (SSSR count). The molecule has 0 saturated heterocycles. The van der Waals surface area contributed by atoms with Crippen LogP contribution in [0.1, 0.15) is 0 Å². The van der Waals surface area contributed by atoms with E-state index in [9.17, 15) is 0 Å². The monoisotopic (exact) mass is 244 g/mol. The standard InChI is InChI=1S/C13H16N4O/c1-17(2)9-4-3-5-10(8-9)18-12-7-6-11(14)13(15)16-12/h3-8H,14H2,1-2H3,(H2,15,16). The third-order valence-electron chi connectivity index (χ3n) is 2.49. The maximum absolute atomic E-state index is 5.63. The summed E-state index contributed by atoms with van der Waals surface area (Å²) < 4.78 is 5.63. The zero-order valence-corrected chi connectivity index (χ0v) is 10.4. The van der Waals surface area contributed by atoms with E-state index in [1.54, 1.807) is 12.1 Å². The highest BCUT2D eigenvalue weighted by Gasteiger charge is 2.03. The van der Waals surface area contributed by atoms with Gasteiger partial charge in [0.15, 0.2) is 5.82 Å². The van der Waals surface area contributed by atoms with Crippen LogP contribution in [0.25, 0.3) is 0 Å². The van der Waals surface area contributed by atoms with Gasteiger partial charge in [-0.05, 0) is 18.2 Å². The molecule has 0 atom stereocenters. The molecule has 1 heterocycles. The molecule has 0 fully saturated rings. The number of aromatic nitrogens is 1. The summed E-state index contributed by atoms with van der Waals surface area (Å²) in [6.45, 7) is 0. The van der Waals surface area contributed by atoms with Crippen molar-refractivity contribution in [3.8, 4) is 11.6 Å². The van der Waals surface area contributed by atoms with Crippen molar-refractivity contribution in [1.29, 1.82) is 0 Å². The van der Waals surface area contributed by atoms with Crippen molar-refractivity contribution in [3.05, 3.63) is 36.4 Å². The maximum atomic E-state index is 5.63. The molecule has 2 aromatic rings. The number of hydrogen-bond donors (Lipinski definition) is 2. The maximum Gasteiger partial charge on any atom is 0.221 e. The van der Waals surface area contributed by atoms with Crippen molar-refractivity contribution < 1.29 is 4.74 Å². The lowest BCUT2D eigenvalue weighted by Gasteiger charge is -2.13. The van der Waals surface area contributed by atoms with E-state index in [0.29, 0.717) is 17.3 Å². The van der Waals surface area contributed by atoms with Crippen molar-refractivity contribution in [1.82, 2.24) is 4.98 Å². The number of ether oxygens (including phenoxy) is 1. The number of nitrogens with two attached hydrogens (primary N) is 2. The number of hydrogen-bond acceptors (Lipinski definition) is 5. The Morgan fingerprint density at radius 1 is 1.11 bits per heavy atom. The molecule has 0 aliphatic rings. The Kier molecular flexibility index (Phi) is 3.23. The van der Waals surface area contributed by atoms with Crippen molar-refractivity contribution in [2.75, 3.05) is 30.5 Å². The highest BCUT2D eigenvalue weighted by Crippen LogP contribution is 2.25. The molecule has 5 nitrogen and oxygen atoms in total. The molecule has 0 aliphatic carbocycles. The Morgan fingerprint density at radius 3 is 2.56 bits per heavy atom. The van der Waals surface area contributed by atoms with Gasteiger partial charge in [0.2, 0.25) is 5.88 Å². The Labute approximate surface area is 106 Å². The van der Waals surface area contributed by atoms with Crippen LogP contribution in [-0.4, -0.2) is 19.1 Å². The molecule has 5 heteroatoms. The van der Waals surface area contributed by atoms with Crippen molar-refractivity contribution >= 4 is 17.2 Å². The largest absolute Gasteiger partial charge is 0.439 e. The van der Waals surface area contributed by atoms with Gasteiger partial charge in [0, 0.05) is 31.9 Å². The van der Waals surface area contributed by atoms with Crippen molar-refractivity contribution in [3.63, 3.8) is 0 Å². The second kappa shape index (κ2) is 4.83. The zero-order valence-electron chi connectivity index (χ0n) is 10.4.